The summed E-state index contributed by atoms with van der Waals surface area (Å²) in [6.45, 7) is 0.979. The number of H-pyrrole nitrogens is 1. The topological polar surface area (TPSA) is 106 Å². The van der Waals surface area contributed by atoms with Crippen LogP contribution in [0, 0.1) is 5.82 Å². The molecule has 0 spiro atoms. The van der Waals surface area contributed by atoms with E-state index in [0.717, 1.165) is 36.2 Å². The van der Waals surface area contributed by atoms with Gasteiger partial charge in [-0.3, -0.25) is 4.79 Å². The highest BCUT2D eigenvalue weighted by Gasteiger charge is 2.26. The van der Waals surface area contributed by atoms with E-state index < -0.39 is 18.5 Å². The zero-order chi connectivity index (χ0) is 21.1. The summed E-state index contributed by atoms with van der Waals surface area (Å²) in [6.07, 6.45) is 5.04. The predicted octanol–water partition coefficient (Wildman–Crippen LogP) is 2.31. The van der Waals surface area contributed by atoms with Crippen molar-refractivity contribution in [2.45, 2.75) is 24.9 Å². The Labute approximate surface area is 177 Å². The Morgan fingerprint density at radius 3 is 3.07 bits per heavy atom. The third kappa shape index (κ3) is 4.47. The SMILES string of the molecule is O=C(N[C@@H]1CCCN(c2ncnc3[nH]ccc23)C1)[C@@H](CO)Nc1cc(F)cc(Cl)c1. The van der Waals surface area contributed by atoms with Crippen LogP contribution in [0.25, 0.3) is 11.0 Å². The Morgan fingerprint density at radius 1 is 1.40 bits per heavy atom. The van der Waals surface area contributed by atoms with Crippen LogP contribution < -0.4 is 15.5 Å². The maximum Gasteiger partial charge on any atom is 0.245 e. The van der Waals surface area contributed by atoms with E-state index in [1.54, 1.807) is 0 Å². The first-order valence-electron chi connectivity index (χ1n) is 9.70. The molecule has 8 nitrogen and oxygen atoms in total. The van der Waals surface area contributed by atoms with Crippen LogP contribution in [0.4, 0.5) is 15.9 Å². The highest BCUT2D eigenvalue weighted by molar-refractivity contribution is 6.30. The van der Waals surface area contributed by atoms with Gasteiger partial charge in [-0.1, -0.05) is 11.6 Å². The average molecular weight is 433 g/mol. The summed E-state index contributed by atoms with van der Waals surface area (Å²) >= 11 is 5.86. The summed E-state index contributed by atoms with van der Waals surface area (Å²) in [5.74, 6) is -0.0587. The predicted molar refractivity (Wildman–Crippen MR) is 113 cm³/mol. The number of amides is 1. The fraction of sp³-hybridized carbons (Fsp3) is 0.350. The van der Waals surface area contributed by atoms with Gasteiger partial charge in [0.05, 0.1) is 12.0 Å². The minimum Gasteiger partial charge on any atom is -0.394 e. The van der Waals surface area contributed by atoms with Crippen LogP contribution in [0.15, 0.2) is 36.8 Å². The highest BCUT2D eigenvalue weighted by Crippen LogP contribution is 2.25. The molecule has 1 fully saturated rings. The number of anilines is 2. The van der Waals surface area contributed by atoms with E-state index in [-0.39, 0.29) is 17.0 Å². The molecular weight excluding hydrogens is 411 g/mol. The molecule has 1 aliphatic rings. The minimum atomic E-state index is -0.923. The maximum absolute atomic E-state index is 13.5. The number of hydrogen-bond acceptors (Lipinski definition) is 6. The molecular formula is C20H22ClFN6O2. The molecule has 0 saturated carbocycles. The second kappa shape index (κ2) is 8.85. The molecule has 3 aromatic rings. The number of aliphatic hydroxyl groups excluding tert-OH is 1. The Balaban J connectivity index is 1.42. The van der Waals surface area contributed by atoms with Crippen LogP contribution in [0.2, 0.25) is 5.02 Å². The molecule has 10 heteroatoms. The molecule has 4 rings (SSSR count). The van der Waals surface area contributed by atoms with Gasteiger partial charge < -0.3 is 25.6 Å². The maximum atomic E-state index is 13.5. The van der Waals surface area contributed by atoms with Crippen molar-refractivity contribution in [1.82, 2.24) is 20.3 Å². The highest BCUT2D eigenvalue weighted by atomic mass is 35.5. The molecule has 2 atom stereocenters. The number of aliphatic hydroxyl groups is 1. The van der Waals surface area contributed by atoms with Crippen LogP contribution in [-0.2, 0) is 4.79 Å². The van der Waals surface area contributed by atoms with Crippen molar-refractivity contribution in [3.8, 4) is 0 Å². The minimum absolute atomic E-state index is 0.109. The van der Waals surface area contributed by atoms with Gasteiger partial charge in [-0.05, 0) is 37.1 Å². The smallest absolute Gasteiger partial charge is 0.245 e. The number of carbonyl (C=O) groups excluding carboxylic acids is 1. The molecule has 0 aliphatic carbocycles. The van der Waals surface area contributed by atoms with E-state index in [0.29, 0.717) is 12.2 Å². The van der Waals surface area contributed by atoms with Gasteiger partial charge in [-0.2, -0.15) is 0 Å². The van der Waals surface area contributed by atoms with Gasteiger partial charge in [-0.15, -0.1) is 0 Å². The van der Waals surface area contributed by atoms with Crippen LogP contribution >= 0.6 is 11.6 Å². The van der Waals surface area contributed by atoms with E-state index >= 15 is 0 Å². The van der Waals surface area contributed by atoms with Crippen molar-refractivity contribution in [1.29, 1.82) is 0 Å². The number of piperidine rings is 1. The quantitative estimate of drug-likeness (QED) is 0.476. The first-order chi connectivity index (χ1) is 14.5. The standard InChI is InChI=1S/C20H22ClFN6O2/c21-12-6-13(22)8-15(7-12)26-17(10-29)20(30)27-14-2-1-5-28(9-14)19-16-3-4-23-18(16)24-11-25-19/h3-4,6-8,11,14,17,26,29H,1-2,5,9-10H2,(H,27,30)(H,23,24,25)/t14-,17-/m1/s1. The lowest BCUT2D eigenvalue weighted by molar-refractivity contribution is -0.123. The van der Waals surface area contributed by atoms with Gasteiger partial charge >= 0.3 is 0 Å². The third-order valence-electron chi connectivity index (χ3n) is 5.10. The van der Waals surface area contributed by atoms with Crippen LogP contribution in [0.5, 0.6) is 0 Å². The van der Waals surface area contributed by atoms with Gasteiger partial charge in [0.2, 0.25) is 5.91 Å². The monoisotopic (exact) mass is 432 g/mol. The molecule has 3 heterocycles. The molecule has 1 aliphatic heterocycles. The zero-order valence-corrected chi connectivity index (χ0v) is 16.9. The molecule has 0 radical (unpaired) electrons. The van der Waals surface area contributed by atoms with Crippen molar-refractivity contribution in [3.63, 3.8) is 0 Å². The van der Waals surface area contributed by atoms with E-state index in [2.05, 4.69) is 30.5 Å². The second-order valence-corrected chi connectivity index (χ2v) is 7.71. The number of halogens is 2. The number of rotatable bonds is 6. The number of aromatic nitrogens is 3. The summed E-state index contributed by atoms with van der Waals surface area (Å²) < 4.78 is 13.5. The third-order valence-corrected chi connectivity index (χ3v) is 5.32. The van der Waals surface area contributed by atoms with E-state index in [1.165, 1.54) is 24.5 Å². The molecule has 0 bridgehead atoms. The van der Waals surface area contributed by atoms with Crippen molar-refractivity contribution < 1.29 is 14.3 Å². The summed E-state index contributed by atoms with van der Waals surface area (Å²) in [5.41, 5.74) is 1.10. The summed E-state index contributed by atoms with van der Waals surface area (Å²) in [7, 11) is 0. The Hall–Kier alpha value is -2.91. The molecule has 1 amide bonds. The molecule has 158 valence electrons. The lowest BCUT2D eigenvalue weighted by atomic mass is 10.0. The zero-order valence-electron chi connectivity index (χ0n) is 16.1. The molecule has 4 N–H and O–H groups in total. The van der Waals surface area contributed by atoms with Gasteiger partial charge in [0.25, 0.3) is 0 Å². The first-order valence-corrected chi connectivity index (χ1v) is 10.1. The number of hydrogen-bond donors (Lipinski definition) is 4. The summed E-state index contributed by atoms with van der Waals surface area (Å²) in [5, 5.41) is 16.6. The Kier molecular flexibility index (Phi) is 6.01. The van der Waals surface area contributed by atoms with Crippen molar-refractivity contribution in [3.05, 3.63) is 47.6 Å². The van der Waals surface area contributed by atoms with Crippen LogP contribution in [0.3, 0.4) is 0 Å². The Morgan fingerprint density at radius 2 is 2.27 bits per heavy atom. The average Bonchev–Trinajstić information content (AvgIpc) is 3.20. The van der Waals surface area contributed by atoms with E-state index in [4.69, 9.17) is 11.6 Å². The first kappa shape index (κ1) is 20.4. The number of carbonyl (C=O) groups is 1. The number of nitrogens with one attached hydrogen (secondary N) is 3. The lowest BCUT2D eigenvalue weighted by Crippen LogP contribution is -2.52. The van der Waals surface area contributed by atoms with Gasteiger partial charge in [0, 0.05) is 36.0 Å². The van der Waals surface area contributed by atoms with Gasteiger partial charge in [0.15, 0.2) is 0 Å². The van der Waals surface area contributed by atoms with Crippen molar-refractivity contribution >= 4 is 40.0 Å². The normalized spacial score (nSPS) is 17.7. The lowest BCUT2D eigenvalue weighted by Gasteiger charge is -2.34. The molecule has 1 saturated heterocycles. The summed E-state index contributed by atoms with van der Waals surface area (Å²) in [6, 6.07) is 4.80. The van der Waals surface area contributed by atoms with Gasteiger partial charge in [-0.25, -0.2) is 14.4 Å². The van der Waals surface area contributed by atoms with Crippen molar-refractivity contribution in [2.24, 2.45) is 0 Å². The van der Waals surface area contributed by atoms with Gasteiger partial charge in [0.1, 0.15) is 29.7 Å². The van der Waals surface area contributed by atoms with Crippen LogP contribution in [0.1, 0.15) is 12.8 Å². The number of nitrogens with zero attached hydrogens (tertiary/aromatic N) is 3. The summed E-state index contributed by atoms with van der Waals surface area (Å²) in [4.78, 5) is 26.6. The Bertz CT molecular complexity index is 1020. The molecule has 2 aromatic heterocycles. The fourth-order valence-electron chi connectivity index (χ4n) is 3.73. The number of aromatic amines is 1. The van der Waals surface area contributed by atoms with E-state index in [9.17, 15) is 14.3 Å². The molecule has 30 heavy (non-hydrogen) atoms. The van der Waals surface area contributed by atoms with Crippen molar-refractivity contribution in [2.75, 3.05) is 29.9 Å². The molecule has 0 unspecified atom stereocenters. The number of benzene rings is 1. The second-order valence-electron chi connectivity index (χ2n) is 7.27. The largest absolute Gasteiger partial charge is 0.394 e. The van der Waals surface area contributed by atoms with Crippen LogP contribution in [-0.4, -0.2) is 57.7 Å². The number of fused-ring (bicyclic) bond motifs is 1. The van der Waals surface area contributed by atoms with E-state index in [1.807, 2.05) is 12.3 Å². The molecule has 1 aromatic carbocycles. The fourth-order valence-corrected chi connectivity index (χ4v) is 3.95.